The van der Waals surface area contributed by atoms with Gasteiger partial charge >= 0.3 is 0 Å². The second-order valence-corrected chi connectivity index (χ2v) is 19.9. The number of hydrogen-bond acceptors (Lipinski definition) is 2. The molecule has 2 nitrogen and oxygen atoms in total. The molecule has 3 aliphatic carbocycles. The summed E-state index contributed by atoms with van der Waals surface area (Å²) in [5, 5.41) is 4.54. The fourth-order valence-corrected chi connectivity index (χ4v) is 13.0. The average Bonchev–Trinajstić information content (AvgIpc) is 4.10. The Hall–Kier alpha value is -8.72. The zero-order chi connectivity index (χ0) is 46.3. The van der Waals surface area contributed by atoms with Crippen LogP contribution in [0.2, 0.25) is 0 Å². The highest BCUT2D eigenvalue weighted by Crippen LogP contribution is 2.63. The molecule has 2 heteroatoms. The molecule has 0 unspecified atom stereocenters. The molecule has 0 saturated heterocycles. The Bertz CT molecular complexity index is 4090. The summed E-state index contributed by atoms with van der Waals surface area (Å²) < 4.78 is 7.26. The van der Waals surface area contributed by atoms with Gasteiger partial charge in [0.25, 0.3) is 0 Å². The molecule has 11 aromatic carbocycles. The molecule has 1 spiro atoms. The van der Waals surface area contributed by atoms with Gasteiger partial charge in [-0.1, -0.05) is 202 Å². The van der Waals surface area contributed by atoms with E-state index in [9.17, 15) is 0 Å². The minimum absolute atomic E-state index is 0.137. The van der Waals surface area contributed by atoms with E-state index in [0.29, 0.717) is 0 Å². The third kappa shape index (κ3) is 5.23. The second kappa shape index (κ2) is 14.4. The van der Waals surface area contributed by atoms with Crippen LogP contribution in [0.4, 0.5) is 17.1 Å². The Kier molecular flexibility index (Phi) is 8.08. The van der Waals surface area contributed by atoms with Gasteiger partial charge in [-0.05, 0) is 143 Å². The first-order valence-electron chi connectivity index (χ1n) is 24.5. The van der Waals surface area contributed by atoms with E-state index < -0.39 is 5.41 Å². The average molecular weight is 892 g/mol. The first-order valence-corrected chi connectivity index (χ1v) is 24.5. The van der Waals surface area contributed by atoms with Gasteiger partial charge in [-0.15, -0.1) is 0 Å². The van der Waals surface area contributed by atoms with E-state index in [2.05, 4.69) is 255 Å². The quantitative estimate of drug-likeness (QED) is 0.171. The fraction of sp³-hybridized carbons (Fsp3) is 0.0588. The number of furan rings is 1. The van der Waals surface area contributed by atoms with E-state index in [-0.39, 0.29) is 5.41 Å². The minimum atomic E-state index is -0.480. The van der Waals surface area contributed by atoms with Crippen molar-refractivity contribution in [2.24, 2.45) is 0 Å². The highest BCUT2D eigenvalue weighted by molar-refractivity contribution is 6.22. The summed E-state index contributed by atoms with van der Waals surface area (Å²) in [5.74, 6) is 0. The molecule has 3 aliphatic rings. The van der Waals surface area contributed by atoms with Gasteiger partial charge in [-0.25, -0.2) is 0 Å². The van der Waals surface area contributed by atoms with Crippen molar-refractivity contribution in [2.75, 3.05) is 4.90 Å². The van der Waals surface area contributed by atoms with Gasteiger partial charge in [0.1, 0.15) is 11.2 Å². The van der Waals surface area contributed by atoms with Crippen molar-refractivity contribution in [3.05, 3.63) is 270 Å². The maximum absolute atomic E-state index is 7.26. The van der Waals surface area contributed by atoms with Gasteiger partial charge in [-0.2, -0.15) is 0 Å². The van der Waals surface area contributed by atoms with Gasteiger partial charge in [0.05, 0.1) is 16.5 Å². The van der Waals surface area contributed by atoms with Gasteiger partial charge in [-0.3, -0.25) is 0 Å². The minimum Gasteiger partial charge on any atom is -0.455 e. The molecule has 15 rings (SSSR count). The maximum atomic E-state index is 7.26. The van der Waals surface area contributed by atoms with Gasteiger partial charge < -0.3 is 9.32 Å². The van der Waals surface area contributed by atoms with Crippen LogP contribution in [0.3, 0.4) is 0 Å². The van der Waals surface area contributed by atoms with Crippen LogP contribution in [0.5, 0.6) is 0 Å². The molecule has 0 saturated carbocycles. The van der Waals surface area contributed by atoms with Crippen LogP contribution in [0.1, 0.15) is 47.2 Å². The molecule has 0 radical (unpaired) electrons. The maximum Gasteiger partial charge on any atom is 0.143 e. The molecule has 0 bridgehead atoms. The molecule has 12 aromatic rings. The molecule has 1 heterocycles. The van der Waals surface area contributed by atoms with Gasteiger partial charge in [0, 0.05) is 27.7 Å². The first-order chi connectivity index (χ1) is 34.5. The Morgan fingerprint density at radius 3 is 1.59 bits per heavy atom. The Labute approximate surface area is 407 Å². The molecule has 0 fully saturated rings. The lowest BCUT2D eigenvalue weighted by atomic mass is 9.70. The van der Waals surface area contributed by atoms with Crippen molar-refractivity contribution in [1.29, 1.82) is 0 Å². The Morgan fingerprint density at radius 1 is 0.357 bits per heavy atom. The molecule has 328 valence electrons. The predicted molar refractivity (Wildman–Crippen MR) is 291 cm³/mol. The lowest BCUT2D eigenvalue weighted by Crippen LogP contribution is -2.26. The van der Waals surface area contributed by atoms with Crippen molar-refractivity contribution in [2.45, 2.75) is 24.7 Å². The van der Waals surface area contributed by atoms with Crippen LogP contribution in [-0.2, 0) is 10.8 Å². The van der Waals surface area contributed by atoms with Crippen molar-refractivity contribution >= 4 is 49.8 Å². The zero-order valence-corrected chi connectivity index (χ0v) is 38.9. The zero-order valence-electron chi connectivity index (χ0n) is 38.9. The molecular formula is C68H45NO. The van der Waals surface area contributed by atoms with Crippen molar-refractivity contribution < 1.29 is 4.42 Å². The van der Waals surface area contributed by atoms with E-state index in [1.807, 2.05) is 0 Å². The highest BCUT2D eigenvalue weighted by atomic mass is 16.3. The standard InChI is InChI=1S/C68H45NO/c1-67(2)56-25-12-8-21-49(56)53-37-33-45(40-60(53)67)64-48-20-7-6-19-44(48)39-55-65-62(29-16-30-63(65)70-66(55)64)69(46-34-31-43(32-35-46)42-17-4-3-5-18-42)47-36-38-54-52-24-11-15-28-59(52)68(61(54)41-47)57-26-13-9-22-50(57)51-23-10-14-27-58(51)68/h3-41H,1-2H3. The smallest absolute Gasteiger partial charge is 0.143 e. The summed E-state index contributed by atoms with van der Waals surface area (Å²) in [7, 11) is 0. The SMILES string of the molecule is CC1(C)c2ccccc2-c2ccc(-c3c4ccccc4cc4c3oc3cccc(N(c5ccc(-c6ccccc6)cc5)c5ccc6c(c5)C5(c7ccccc7-c7ccccc75)c5ccccc5-6)c34)cc21. The van der Waals surface area contributed by atoms with Crippen LogP contribution in [0.15, 0.2) is 241 Å². The number of fused-ring (bicyclic) bond motifs is 17. The van der Waals surface area contributed by atoms with E-state index in [4.69, 9.17) is 4.42 Å². The third-order valence-corrected chi connectivity index (χ3v) is 16.1. The van der Waals surface area contributed by atoms with Crippen LogP contribution >= 0.6 is 0 Å². The van der Waals surface area contributed by atoms with E-state index in [1.165, 1.54) is 88.7 Å². The van der Waals surface area contributed by atoms with Gasteiger partial charge in [0.15, 0.2) is 0 Å². The summed E-state index contributed by atoms with van der Waals surface area (Å²) in [6.07, 6.45) is 0. The van der Waals surface area contributed by atoms with Crippen molar-refractivity contribution in [3.8, 4) is 55.6 Å². The summed E-state index contributed by atoms with van der Waals surface area (Å²) in [6.45, 7) is 4.72. The lowest BCUT2D eigenvalue weighted by molar-refractivity contribution is 0.660. The molecule has 0 atom stereocenters. The number of nitrogens with zero attached hydrogens (tertiary/aromatic N) is 1. The molecular weight excluding hydrogens is 847 g/mol. The van der Waals surface area contributed by atoms with Crippen molar-refractivity contribution in [3.63, 3.8) is 0 Å². The molecule has 1 aromatic heterocycles. The van der Waals surface area contributed by atoms with Crippen LogP contribution < -0.4 is 4.90 Å². The number of rotatable bonds is 5. The second-order valence-electron chi connectivity index (χ2n) is 19.9. The van der Waals surface area contributed by atoms with Crippen LogP contribution in [0, 0.1) is 0 Å². The van der Waals surface area contributed by atoms with Crippen LogP contribution in [-0.4, -0.2) is 0 Å². The van der Waals surface area contributed by atoms with Crippen LogP contribution in [0.25, 0.3) is 88.3 Å². The van der Waals surface area contributed by atoms with Crippen molar-refractivity contribution in [1.82, 2.24) is 0 Å². The molecule has 0 N–H and O–H groups in total. The summed E-state index contributed by atoms with van der Waals surface area (Å²) >= 11 is 0. The molecule has 0 amide bonds. The molecule has 70 heavy (non-hydrogen) atoms. The summed E-state index contributed by atoms with van der Waals surface area (Å²) in [5.41, 5.74) is 24.8. The summed E-state index contributed by atoms with van der Waals surface area (Å²) in [6, 6.07) is 87.9. The monoisotopic (exact) mass is 891 g/mol. The number of anilines is 3. The largest absolute Gasteiger partial charge is 0.455 e. The van der Waals surface area contributed by atoms with E-state index >= 15 is 0 Å². The third-order valence-electron chi connectivity index (χ3n) is 16.1. The topological polar surface area (TPSA) is 16.4 Å². The fourth-order valence-electron chi connectivity index (χ4n) is 13.0. The first kappa shape index (κ1) is 39.3. The van der Waals surface area contributed by atoms with Gasteiger partial charge in [0.2, 0.25) is 0 Å². The number of hydrogen-bond donors (Lipinski definition) is 0. The van der Waals surface area contributed by atoms with E-state index in [0.717, 1.165) is 50.1 Å². The van der Waals surface area contributed by atoms with E-state index in [1.54, 1.807) is 0 Å². The summed E-state index contributed by atoms with van der Waals surface area (Å²) in [4.78, 5) is 2.47. The lowest BCUT2D eigenvalue weighted by Gasteiger charge is -2.32. The Morgan fingerprint density at radius 2 is 0.886 bits per heavy atom. The Balaban J connectivity index is 0.991. The number of benzene rings is 11. The predicted octanol–water partition coefficient (Wildman–Crippen LogP) is 18.2. The molecule has 0 aliphatic heterocycles. The normalized spacial score (nSPS) is 14.1. The highest BCUT2D eigenvalue weighted by Gasteiger charge is 2.51.